The van der Waals surface area contributed by atoms with Crippen LogP contribution in [-0.2, 0) is 14.9 Å². The Bertz CT molecular complexity index is 703. The van der Waals surface area contributed by atoms with Crippen LogP contribution in [0.5, 0.6) is 11.5 Å². The Morgan fingerprint density at radius 1 is 0.889 bits per heavy atom. The van der Waals surface area contributed by atoms with Gasteiger partial charge in [-0.3, -0.25) is 4.79 Å². The van der Waals surface area contributed by atoms with Crippen LogP contribution in [0.1, 0.15) is 33.3 Å². The average Bonchev–Trinajstić information content (AvgIpc) is 2.64. The molecule has 0 spiro atoms. The average molecular weight is 371 g/mol. The van der Waals surface area contributed by atoms with Crippen molar-refractivity contribution in [3.8, 4) is 11.5 Å². The highest BCUT2D eigenvalue weighted by molar-refractivity contribution is 5.91. The van der Waals surface area contributed by atoms with Crippen LogP contribution < -0.4 is 14.8 Å². The number of carbonyl (C=O) groups excluding carboxylic acids is 1. The third-order valence-corrected chi connectivity index (χ3v) is 3.93. The van der Waals surface area contributed by atoms with E-state index in [-0.39, 0.29) is 17.9 Å². The standard InChI is InChI=1S/C22H29NO4/c1-5-25-14-15-26-19-12-8-18(9-13-19)23-21(24)16-27-20-10-6-17(7-11-20)22(2,3)4/h6-13H,5,14-16H2,1-4H3,(H,23,24). The van der Waals surface area contributed by atoms with Gasteiger partial charge in [-0.25, -0.2) is 0 Å². The van der Waals surface area contributed by atoms with Crippen LogP contribution in [0.2, 0.25) is 0 Å². The summed E-state index contributed by atoms with van der Waals surface area (Å²) >= 11 is 0. The second-order valence-corrected chi connectivity index (χ2v) is 7.18. The minimum absolute atomic E-state index is 0.0402. The lowest BCUT2D eigenvalue weighted by Gasteiger charge is -2.19. The number of nitrogens with one attached hydrogen (secondary N) is 1. The van der Waals surface area contributed by atoms with E-state index >= 15 is 0 Å². The minimum Gasteiger partial charge on any atom is -0.491 e. The monoisotopic (exact) mass is 371 g/mol. The molecule has 5 heteroatoms. The lowest BCUT2D eigenvalue weighted by Crippen LogP contribution is -2.20. The van der Waals surface area contributed by atoms with Crippen molar-refractivity contribution in [3.63, 3.8) is 0 Å². The number of anilines is 1. The first-order valence-corrected chi connectivity index (χ1v) is 9.22. The first-order valence-electron chi connectivity index (χ1n) is 9.22. The number of amides is 1. The van der Waals surface area contributed by atoms with Crippen LogP contribution in [-0.4, -0.2) is 32.3 Å². The molecule has 2 aromatic rings. The summed E-state index contributed by atoms with van der Waals surface area (Å²) < 4.78 is 16.3. The molecular weight excluding hydrogens is 342 g/mol. The number of benzene rings is 2. The van der Waals surface area contributed by atoms with Gasteiger partial charge in [0.25, 0.3) is 5.91 Å². The topological polar surface area (TPSA) is 56.8 Å². The Labute approximate surface area is 161 Å². The van der Waals surface area contributed by atoms with Crippen molar-refractivity contribution in [3.05, 3.63) is 54.1 Å². The maximum absolute atomic E-state index is 12.1. The summed E-state index contributed by atoms with van der Waals surface area (Å²) in [4.78, 5) is 12.1. The molecular formula is C22H29NO4. The maximum Gasteiger partial charge on any atom is 0.262 e. The molecule has 2 rings (SSSR count). The second kappa shape index (κ2) is 9.97. The highest BCUT2D eigenvalue weighted by Gasteiger charge is 2.13. The van der Waals surface area contributed by atoms with Crippen molar-refractivity contribution in [1.82, 2.24) is 0 Å². The molecule has 1 amide bonds. The highest BCUT2D eigenvalue weighted by Crippen LogP contribution is 2.24. The van der Waals surface area contributed by atoms with Crippen molar-refractivity contribution in [2.24, 2.45) is 0 Å². The van der Waals surface area contributed by atoms with E-state index in [2.05, 4.69) is 26.1 Å². The van der Waals surface area contributed by atoms with Crippen LogP contribution in [0.3, 0.4) is 0 Å². The van der Waals surface area contributed by atoms with Gasteiger partial charge in [0.05, 0.1) is 6.61 Å². The molecule has 0 radical (unpaired) electrons. The van der Waals surface area contributed by atoms with E-state index in [1.807, 2.05) is 43.3 Å². The largest absolute Gasteiger partial charge is 0.491 e. The number of rotatable bonds is 9. The molecule has 2 aromatic carbocycles. The summed E-state index contributed by atoms with van der Waals surface area (Å²) in [5, 5.41) is 2.81. The normalized spacial score (nSPS) is 11.1. The summed E-state index contributed by atoms with van der Waals surface area (Å²) in [6.07, 6.45) is 0. The van der Waals surface area contributed by atoms with Crippen LogP contribution >= 0.6 is 0 Å². The first kappa shape index (κ1) is 20.8. The van der Waals surface area contributed by atoms with Gasteiger partial charge in [-0.05, 0) is 54.3 Å². The van der Waals surface area contributed by atoms with E-state index in [4.69, 9.17) is 14.2 Å². The Balaban J connectivity index is 1.76. The van der Waals surface area contributed by atoms with E-state index in [9.17, 15) is 4.79 Å². The number of carbonyl (C=O) groups is 1. The van der Waals surface area contributed by atoms with Gasteiger partial charge >= 0.3 is 0 Å². The quantitative estimate of drug-likeness (QED) is 0.663. The molecule has 0 aliphatic heterocycles. The Morgan fingerprint density at radius 3 is 2.07 bits per heavy atom. The molecule has 0 bridgehead atoms. The highest BCUT2D eigenvalue weighted by atomic mass is 16.5. The molecule has 0 aliphatic rings. The number of ether oxygens (including phenoxy) is 3. The lowest BCUT2D eigenvalue weighted by atomic mass is 9.87. The van der Waals surface area contributed by atoms with Crippen molar-refractivity contribution >= 4 is 11.6 Å². The first-order chi connectivity index (χ1) is 12.9. The van der Waals surface area contributed by atoms with Crippen LogP contribution in [0.15, 0.2) is 48.5 Å². The van der Waals surface area contributed by atoms with Crippen LogP contribution in [0.4, 0.5) is 5.69 Å². The molecule has 0 atom stereocenters. The molecule has 27 heavy (non-hydrogen) atoms. The van der Waals surface area contributed by atoms with Gasteiger partial charge in [-0.1, -0.05) is 32.9 Å². The fourth-order valence-corrected chi connectivity index (χ4v) is 2.39. The fourth-order valence-electron chi connectivity index (χ4n) is 2.39. The van der Waals surface area contributed by atoms with Gasteiger partial charge in [0, 0.05) is 12.3 Å². The third kappa shape index (κ3) is 7.31. The van der Waals surface area contributed by atoms with Gasteiger partial charge < -0.3 is 19.5 Å². The molecule has 0 unspecified atom stereocenters. The van der Waals surface area contributed by atoms with E-state index in [0.717, 1.165) is 5.75 Å². The molecule has 1 N–H and O–H groups in total. The zero-order chi connectivity index (χ0) is 19.7. The third-order valence-electron chi connectivity index (χ3n) is 3.93. The van der Waals surface area contributed by atoms with Gasteiger partial charge in [-0.15, -0.1) is 0 Å². The number of hydrogen-bond donors (Lipinski definition) is 1. The zero-order valence-corrected chi connectivity index (χ0v) is 16.6. The fraction of sp³-hybridized carbons (Fsp3) is 0.409. The van der Waals surface area contributed by atoms with Crippen molar-refractivity contribution in [2.75, 3.05) is 31.7 Å². The van der Waals surface area contributed by atoms with Gasteiger partial charge in [0.2, 0.25) is 0 Å². The van der Waals surface area contributed by atoms with Gasteiger partial charge in [0.1, 0.15) is 18.1 Å². The Morgan fingerprint density at radius 2 is 1.48 bits per heavy atom. The van der Waals surface area contributed by atoms with Crippen molar-refractivity contribution in [2.45, 2.75) is 33.1 Å². The molecule has 0 aliphatic carbocycles. The second-order valence-electron chi connectivity index (χ2n) is 7.18. The molecule has 0 saturated carbocycles. The Hall–Kier alpha value is -2.53. The summed E-state index contributed by atoms with van der Waals surface area (Å²) in [6.45, 7) is 10.1. The molecule has 0 aromatic heterocycles. The lowest BCUT2D eigenvalue weighted by molar-refractivity contribution is -0.118. The van der Waals surface area contributed by atoms with E-state index in [1.165, 1.54) is 5.56 Å². The van der Waals surface area contributed by atoms with Gasteiger partial charge in [-0.2, -0.15) is 0 Å². The van der Waals surface area contributed by atoms with Crippen molar-refractivity contribution < 1.29 is 19.0 Å². The smallest absolute Gasteiger partial charge is 0.262 e. The summed E-state index contributed by atoms with van der Waals surface area (Å²) in [5.74, 6) is 1.21. The number of hydrogen-bond acceptors (Lipinski definition) is 4. The van der Waals surface area contributed by atoms with Crippen LogP contribution in [0.25, 0.3) is 0 Å². The summed E-state index contributed by atoms with van der Waals surface area (Å²) in [5.41, 5.74) is 2.01. The van der Waals surface area contributed by atoms with Crippen molar-refractivity contribution in [1.29, 1.82) is 0 Å². The molecule has 5 nitrogen and oxygen atoms in total. The van der Waals surface area contributed by atoms with E-state index in [1.54, 1.807) is 12.1 Å². The molecule has 146 valence electrons. The SMILES string of the molecule is CCOCCOc1ccc(NC(=O)COc2ccc(C(C)(C)C)cc2)cc1. The van der Waals surface area contributed by atoms with E-state index in [0.29, 0.717) is 31.3 Å². The minimum atomic E-state index is -0.208. The predicted octanol–water partition coefficient (Wildman–Crippen LogP) is 4.42. The summed E-state index contributed by atoms with van der Waals surface area (Å²) in [7, 11) is 0. The predicted molar refractivity (Wildman–Crippen MR) is 108 cm³/mol. The molecule has 0 fully saturated rings. The summed E-state index contributed by atoms with van der Waals surface area (Å²) in [6, 6.07) is 15.1. The molecule has 0 saturated heterocycles. The zero-order valence-electron chi connectivity index (χ0n) is 16.6. The maximum atomic E-state index is 12.1. The van der Waals surface area contributed by atoms with Crippen LogP contribution in [0, 0.1) is 0 Å². The van der Waals surface area contributed by atoms with Gasteiger partial charge in [0.15, 0.2) is 6.61 Å². The van der Waals surface area contributed by atoms with E-state index < -0.39 is 0 Å². The molecule has 0 heterocycles. The Kier molecular flexibility index (Phi) is 7.67.